The first-order valence-corrected chi connectivity index (χ1v) is 12.1. The van der Waals surface area contributed by atoms with E-state index in [1.807, 2.05) is 56.3 Å². The van der Waals surface area contributed by atoms with Crippen molar-refractivity contribution in [1.82, 2.24) is 19.5 Å². The van der Waals surface area contributed by atoms with E-state index in [-0.39, 0.29) is 5.56 Å². The van der Waals surface area contributed by atoms with Gasteiger partial charge in [0.2, 0.25) is 0 Å². The van der Waals surface area contributed by atoms with Crippen LogP contribution in [0.5, 0.6) is 0 Å². The zero-order chi connectivity index (χ0) is 25.4. The third kappa shape index (κ3) is 4.38. The van der Waals surface area contributed by atoms with Crippen LogP contribution in [0.3, 0.4) is 0 Å². The van der Waals surface area contributed by atoms with Crippen molar-refractivity contribution in [2.45, 2.75) is 40.7 Å². The van der Waals surface area contributed by atoms with Crippen LogP contribution in [0.25, 0.3) is 33.4 Å². The van der Waals surface area contributed by atoms with Crippen molar-refractivity contribution in [3.63, 3.8) is 0 Å². The van der Waals surface area contributed by atoms with Crippen molar-refractivity contribution in [1.29, 1.82) is 0 Å². The molecule has 0 bridgehead atoms. The van der Waals surface area contributed by atoms with Gasteiger partial charge in [0.25, 0.3) is 0 Å². The highest BCUT2D eigenvalue weighted by atomic mass is 16.4. The highest BCUT2D eigenvalue weighted by molar-refractivity contribution is 5.97. The molecular formula is C30H28N4O2. The summed E-state index contributed by atoms with van der Waals surface area (Å²) in [6.45, 7) is 8.74. The summed E-state index contributed by atoms with van der Waals surface area (Å²) in [5.74, 6) is 0.00949. The van der Waals surface area contributed by atoms with Gasteiger partial charge in [-0.3, -0.25) is 4.98 Å². The van der Waals surface area contributed by atoms with Crippen LogP contribution in [0.1, 0.15) is 45.6 Å². The summed E-state index contributed by atoms with van der Waals surface area (Å²) in [6.07, 6.45) is 2.55. The summed E-state index contributed by atoms with van der Waals surface area (Å²) in [7, 11) is 0. The van der Waals surface area contributed by atoms with Gasteiger partial charge in [0.05, 0.1) is 17.8 Å². The molecule has 0 aliphatic heterocycles. The normalized spacial score (nSPS) is 11.2. The van der Waals surface area contributed by atoms with Crippen LogP contribution in [0.4, 0.5) is 0 Å². The molecule has 0 aliphatic rings. The minimum Gasteiger partial charge on any atom is -0.478 e. The third-order valence-electron chi connectivity index (χ3n) is 6.47. The van der Waals surface area contributed by atoms with Crippen molar-refractivity contribution in [2.75, 3.05) is 0 Å². The van der Waals surface area contributed by atoms with Gasteiger partial charge in [0, 0.05) is 23.9 Å². The van der Waals surface area contributed by atoms with E-state index >= 15 is 0 Å². The number of rotatable bonds is 6. The quantitative estimate of drug-likeness (QED) is 0.307. The second kappa shape index (κ2) is 9.38. The molecule has 0 fully saturated rings. The number of hydrogen-bond donors (Lipinski definition) is 1. The van der Waals surface area contributed by atoms with Gasteiger partial charge in [0.1, 0.15) is 11.3 Å². The molecule has 0 unspecified atom stereocenters. The number of pyridine rings is 2. The van der Waals surface area contributed by atoms with Gasteiger partial charge >= 0.3 is 5.97 Å². The first kappa shape index (κ1) is 23.4. The first-order valence-electron chi connectivity index (χ1n) is 12.1. The van der Waals surface area contributed by atoms with Gasteiger partial charge in [-0.25, -0.2) is 14.8 Å². The van der Waals surface area contributed by atoms with Crippen molar-refractivity contribution >= 4 is 17.1 Å². The predicted octanol–water partition coefficient (Wildman–Crippen LogP) is 6.39. The van der Waals surface area contributed by atoms with Crippen LogP contribution in [-0.2, 0) is 13.0 Å². The lowest BCUT2D eigenvalue weighted by molar-refractivity contribution is 0.0697. The number of hydrogen-bond acceptors (Lipinski definition) is 4. The fourth-order valence-corrected chi connectivity index (χ4v) is 4.70. The molecule has 0 spiro atoms. The molecule has 5 aromatic rings. The molecule has 3 heterocycles. The maximum absolute atomic E-state index is 12.0. The minimum absolute atomic E-state index is 0.255. The standard InChI is InChI=1S/C30H28N4O2/c1-5-27-33-28-19(3)14-20(4)32-29(28)34(27)17-24-11-9-23(16-31-24)26-15-22(10-12-25(26)30(35)36)21-8-6-7-18(2)13-21/h6-16H,5,17H2,1-4H3,(H,35,36). The number of aromatic carboxylic acids is 1. The Morgan fingerprint density at radius 1 is 0.917 bits per heavy atom. The first-order chi connectivity index (χ1) is 17.3. The van der Waals surface area contributed by atoms with Crippen LogP contribution in [0.15, 0.2) is 66.9 Å². The lowest BCUT2D eigenvalue weighted by atomic mass is 9.94. The molecule has 1 N–H and O–H groups in total. The minimum atomic E-state index is -0.959. The summed E-state index contributed by atoms with van der Waals surface area (Å²) >= 11 is 0. The van der Waals surface area contributed by atoms with Crippen molar-refractivity contribution in [2.24, 2.45) is 0 Å². The maximum Gasteiger partial charge on any atom is 0.336 e. The van der Waals surface area contributed by atoms with E-state index in [9.17, 15) is 9.90 Å². The molecular weight excluding hydrogens is 448 g/mol. The number of carboxylic acid groups (broad SMARTS) is 1. The average molecular weight is 477 g/mol. The molecule has 6 nitrogen and oxygen atoms in total. The number of benzene rings is 2. The van der Waals surface area contributed by atoms with Crippen LogP contribution in [-0.4, -0.2) is 30.6 Å². The van der Waals surface area contributed by atoms with Crippen molar-refractivity contribution < 1.29 is 9.90 Å². The molecule has 0 radical (unpaired) electrons. The molecule has 0 atom stereocenters. The average Bonchev–Trinajstić information content (AvgIpc) is 3.21. The fraction of sp³-hybridized carbons (Fsp3) is 0.200. The Morgan fingerprint density at radius 2 is 1.69 bits per heavy atom. The lowest BCUT2D eigenvalue weighted by Gasteiger charge is -2.12. The largest absolute Gasteiger partial charge is 0.478 e. The molecule has 6 heteroatoms. The van der Waals surface area contributed by atoms with Gasteiger partial charge in [-0.15, -0.1) is 0 Å². The Bertz CT molecular complexity index is 1600. The summed E-state index contributed by atoms with van der Waals surface area (Å²) in [4.78, 5) is 26.3. The van der Waals surface area contributed by atoms with Crippen LogP contribution in [0.2, 0.25) is 0 Å². The zero-order valence-electron chi connectivity index (χ0n) is 20.9. The number of aryl methyl sites for hydroxylation is 4. The number of imidazole rings is 1. The maximum atomic E-state index is 12.0. The van der Waals surface area contributed by atoms with Crippen molar-refractivity contribution in [3.05, 3.63) is 101 Å². The lowest BCUT2D eigenvalue weighted by Crippen LogP contribution is -2.07. The Hall–Kier alpha value is -4.32. The molecule has 0 saturated carbocycles. The Kier molecular flexibility index (Phi) is 6.10. The van der Waals surface area contributed by atoms with Crippen LogP contribution >= 0.6 is 0 Å². The van der Waals surface area contributed by atoms with E-state index < -0.39 is 5.97 Å². The van der Waals surface area contributed by atoms with E-state index in [1.54, 1.807) is 12.3 Å². The molecule has 5 rings (SSSR count). The molecule has 0 amide bonds. The topological polar surface area (TPSA) is 80.9 Å². The zero-order valence-corrected chi connectivity index (χ0v) is 20.9. The van der Waals surface area contributed by atoms with Gasteiger partial charge in [-0.05, 0) is 67.3 Å². The van der Waals surface area contributed by atoms with Crippen LogP contribution < -0.4 is 0 Å². The Labute approximate surface area is 210 Å². The van der Waals surface area contributed by atoms with Gasteiger partial charge in [-0.2, -0.15) is 0 Å². The fourth-order valence-electron chi connectivity index (χ4n) is 4.70. The van der Waals surface area contributed by atoms with Gasteiger partial charge in [0.15, 0.2) is 5.65 Å². The summed E-state index contributed by atoms with van der Waals surface area (Å²) < 4.78 is 2.12. The van der Waals surface area contributed by atoms with Crippen molar-refractivity contribution in [3.8, 4) is 22.3 Å². The van der Waals surface area contributed by atoms with E-state index in [4.69, 9.17) is 15.0 Å². The molecule has 0 saturated heterocycles. The number of aromatic nitrogens is 4. The monoisotopic (exact) mass is 476 g/mol. The van der Waals surface area contributed by atoms with E-state index in [0.29, 0.717) is 12.1 Å². The molecule has 2 aromatic carbocycles. The van der Waals surface area contributed by atoms with E-state index in [1.165, 1.54) is 0 Å². The third-order valence-corrected chi connectivity index (χ3v) is 6.47. The number of carboxylic acids is 1. The second-order valence-electron chi connectivity index (χ2n) is 9.19. The van der Waals surface area contributed by atoms with Gasteiger partial charge < -0.3 is 9.67 Å². The highest BCUT2D eigenvalue weighted by Crippen LogP contribution is 2.30. The van der Waals surface area contributed by atoms with Crippen LogP contribution in [0, 0.1) is 20.8 Å². The molecule has 36 heavy (non-hydrogen) atoms. The summed E-state index contributed by atoms with van der Waals surface area (Å²) in [5.41, 5.74) is 9.57. The summed E-state index contributed by atoms with van der Waals surface area (Å²) in [6, 6.07) is 19.6. The highest BCUT2D eigenvalue weighted by Gasteiger charge is 2.16. The molecule has 3 aromatic heterocycles. The second-order valence-corrected chi connectivity index (χ2v) is 9.19. The SMILES string of the molecule is CCc1nc2c(C)cc(C)nc2n1Cc1ccc(-c2cc(-c3cccc(C)c3)ccc2C(=O)O)cn1. The Morgan fingerprint density at radius 3 is 2.39 bits per heavy atom. The van der Waals surface area contributed by atoms with E-state index in [0.717, 1.165) is 62.6 Å². The molecule has 0 aliphatic carbocycles. The molecule has 180 valence electrons. The predicted molar refractivity (Wildman–Crippen MR) is 142 cm³/mol. The van der Waals surface area contributed by atoms with E-state index in [2.05, 4.69) is 30.5 Å². The number of nitrogens with zero attached hydrogens (tertiary/aromatic N) is 4. The van der Waals surface area contributed by atoms with Gasteiger partial charge in [-0.1, -0.05) is 48.9 Å². The number of fused-ring (bicyclic) bond motifs is 1. The Balaban J connectivity index is 1.52. The summed E-state index contributed by atoms with van der Waals surface area (Å²) in [5, 5.41) is 9.82. The number of carbonyl (C=O) groups is 1. The smallest absolute Gasteiger partial charge is 0.336 e.